The second kappa shape index (κ2) is 8.91. The molecule has 32 heavy (non-hydrogen) atoms. The lowest BCUT2D eigenvalue weighted by Gasteiger charge is -2.12. The van der Waals surface area contributed by atoms with Crippen molar-refractivity contribution < 1.29 is 9.53 Å². The fourth-order valence-corrected chi connectivity index (χ4v) is 4.48. The highest BCUT2D eigenvalue weighted by atomic mass is 32.2. The molecule has 1 saturated carbocycles. The van der Waals surface area contributed by atoms with Gasteiger partial charge in [0.2, 0.25) is 5.95 Å². The van der Waals surface area contributed by atoms with E-state index in [-0.39, 0.29) is 6.10 Å². The van der Waals surface area contributed by atoms with Crippen LogP contribution >= 0.6 is 11.8 Å². The normalized spacial score (nSPS) is 14.0. The quantitative estimate of drug-likeness (QED) is 0.349. The van der Waals surface area contributed by atoms with Gasteiger partial charge in [-0.05, 0) is 56.9 Å². The topological polar surface area (TPSA) is 109 Å². The molecule has 1 amide bonds. The highest BCUT2D eigenvalue weighted by molar-refractivity contribution is 7.99. The van der Waals surface area contributed by atoms with E-state index in [1.54, 1.807) is 6.20 Å². The maximum absolute atomic E-state index is 12.1. The van der Waals surface area contributed by atoms with Gasteiger partial charge in [-0.25, -0.2) is 14.8 Å². The fourth-order valence-electron chi connectivity index (χ4n) is 3.67. The van der Waals surface area contributed by atoms with E-state index < -0.39 is 6.09 Å². The molecular weight excluding hydrogens is 426 g/mol. The molecule has 1 aromatic carbocycles. The van der Waals surface area contributed by atoms with E-state index in [4.69, 9.17) is 9.72 Å². The number of nitrogens with one attached hydrogen (secondary N) is 3. The molecule has 0 aliphatic heterocycles. The Bertz CT molecular complexity index is 1230. The number of anilines is 3. The van der Waals surface area contributed by atoms with E-state index in [0.29, 0.717) is 17.5 Å². The summed E-state index contributed by atoms with van der Waals surface area (Å²) in [4.78, 5) is 22.2. The molecule has 1 aliphatic carbocycles. The molecule has 0 radical (unpaired) electrons. The summed E-state index contributed by atoms with van der Waals surface area (Å²) >= 11 is 1.51. The number of carbonyl (C=O) groups excluding carboxylic acids is 1. The van der Waals surface area contributed by atoms with Gasteiger partial charge in [0.05, 0.1) is 0 Å². The van der Waals surface area contributed by atoms with Gasteiger partial charge >= 0.3 is 6.09 Å². The van der Waals surface area contributed by atoms with E-state index in [2.05, 4.69) is 25.8 Å². The van der Waals surface area contributed by atoms with Gasteiger partial charge in [0.1, 0.15) is 16.8 Å². The lowest BCUT2D eigenvalue weighted by atomic mass is 10.3. The summed E-state index contributed by atoms with van der Waals surface area (Å²) in [5, 5.41) is 14.0. The third-order valence-corrected chi connectivity index (χ3v) is 6.14. The van der Waals surface area contributed by atoms with Crippen LogP contribution in [0.1, 0.15) is 31.4 Å². The number of H-pyrrole nitrogens is 1. The number of fused-ring (bicyclic) bond motifs is 1. The van der Waals surface area contributed by atoms with Gasteiger partial charge in [0.25, 0.3) is 0 Å². The molecule has 10 heteroatoms. The second-order valence-electron chi connectivity index (χ2n) is 7.70. The van der Waals surface area contributed by atoms with Crippen LogP contribution < -0.4 is 10.6 Å². The molecular formula is C22H23N7O2S. The van der Waals surface area contributed by atoms with Gasteiger partial charge in [-0.2, -0.15) is 5.10 Å². The van der Waals surface area contributed by atoms with Crippen LogP contribution in [0, 0.1) is 6.92 Å². The largest absolute Gasteiger partial charge is 0.446 e. The molecule has 0 saturated heterocycles. The van der Waals surface area contributed by atoms with Crippen LogP contribution in [0.3, 0.4) is 0 Å². The van der Waals surface area contributed by atoms with Crippen molar-refractivity contribution >= 4 is 41.0 Å². The van der Waals surface area contributed by atoms with E-state index in [9.17, 15) is 4.79 Å². The first-order valence-corrected chi connectivity index (χ1v) is 11.3. The first kappa shape index (κ1) is 20.4. The zero-order valence-corrected chi connectivity index (χ0v) is 18.4. The predicted octanol–water partition coefficient (Wildman–Crippen LogP) is 5.15. The SMILES string of the molecule is Cc1cc(Nc2nc(Sc3ccc(NC(=O)OC4CCCC4)cc3)cc3nccn23)n[nH]1. The first-order chi connectivity index (χ1) is 15.6. The number of ether oxygens (including phenoxy) is 1. The fraction of sp³-hybridized carbons (Fsp3) is 0.273. The molecule has 1 fully saturated rings. The molecule has 0 spiro atoms. The zero-order chi connectivity index (χ0) is 21.9. The molecule has 0 unspecified atom stereocenters. The first-order valence-electron chi connectivity index (χ1n) is 10.5. The van der Waals surface area contributed by atoms with E-state index in [0.717, 1.165) is 46.9 Å². The third kappa shape index (κ3) is 4.70. The molecule has 1 aliphatic rings. The number of aromatic amines is 1. The Labute approximate surface area is 189 Å². The molecule has 164 valence electrons. The van der Waals surface area contributed by atoms with Crippen LogP contribution in [-0.4, -0.2) is 36.8 Å². The highest BCUT2D eigenvalue weighted by Crippen LogP contribution is 2.30. The molecule has 3 heterocycles. The lowest BCUT2D eigenvalue weighted by molar-refractivity contribution is 0.114. The van der Waals surface area contributed by atoms with Crippen LogP contribution in [0.4, 0.5) is 22.2 Å². The Morgan fingerprint density at radius 3 is 2.78 bits per heavy atom. The standard InChI is InChI=1S/C22H23N7O2S/c1-14-12-18(28-27-14)25-21-26-20(13-19-23-10-11-29(19)21)32-17-8-6-15(7-9-17)24-22(30)31-16-4-2-3-5-16/h6-13,16H,2-5H2,1H3,(H,24,30)(H2,25,26,27,28). The molecule has 3 aromatic heterocycles. The summed E-state index contributed by atoms with van der Waals surface area (Å²) in [5.74, 6) is 1.31. The van der Waals surface area contributed by atoms with Gasteiger partial charge in [-0.3, -0.25) is 14.8 Å². The van der Waals surface area contributed by atoms with Crippen molar-refractivity contribution in [3.8, 4) is 0 Å². The molecule has 9 nitrogen and oxygen atoms in total. The summed E-state index contributed by atoms with van der Waals surface area (Å²) in [6, 6.07) is 11.4. The van der Waals surface area contributed by atoms with Crippen LogP contribution in [0.2, 0.25) is 0 Å². The van der Waals surface area contributed by atoms with Crippen molar-refractivity contribution in [1.82, 2.24) is 24.6 Å². The van der Waals surface area contributed by atoms with Crippen molar-refractivity contribution in [2.24, 2.45) is 0 Å². The number of imidazole rings is 1. The van der Waals surface area contributed by atoms with E-state index in [1.807, 2.05) is 53.9 Å². The molecule has 3 N–H and O–H groups in total. The minimum absolute atomic E-state index is 0.0432. The molecule has 4 aromatic rings. The lowest BCUT2D eigenvalue weighted by Crippen LogP contribution is -2.20. The Kier molecular flexibility index (Phi) is 5.68. The monoisotopic (exact) mass is 449 g/mol. The summed E-state index contributed by atoms with van der Waals surface area (Å²) in [6.07, 6.45) is 7.39. The number of aryl methyl sites for hydroxylation is 1. The number of carbonyl (C=O) groups is 1. The van der Waals surface area contributed by atoms with Crippen LogP contribution in [0.25, 0.3) is 5.65 Å². The van der Waals surface area contributed by atoms with Crippen molar-refractivity contribution in [1.29, 1.82) is 0 Å². The van der Waals surface area contributed by atoms with Crippen molar-refractivity contribution in [3.05, 3.63) is 54.5 Å². The van der Waals surface area contributed by atoms with Gasteiger partial charge in [-0.15, -0.1) is 0 Å². The van der Waals surface area contributed by atoms with Crippen LogP contribution in [0.5, 0.6) is 0 Å². The number of benzene rings is 1. The Morgan fingerprint density at radius 1 is 1.22 bits per heavy atom. The maximum Gasteiger partial charge on any atom is 0.411 e. The number of aromatic nitrogens is 5. The average molecular weight is 450 g/mol. The van der Waals surface area contributed by atoms with Crippen LogP contribution in [-0.2, 0) is 4.74 Å². The number of rotatable bonds is 6. The molecule has 0 atom stereocenters. The average Bonchev–Trinajstić information content (AvgIpc) is 3.52. The minimum Gasteiger partial charge on any atom is -0.446 e. The second-order valence-corrected chi connectivity index (χ2v) is 8.79. The third-order valence-electron chi connectivity index (χ3n) is 5.21. The molecule has 5 rings (SSSR count). The van der Waals surface area contributed by atoms with Crippen molar-refractivity contribution in [3.63, 3.8) is 0 Å². The van der Waals surface area contributed by atoms with Crippen molar-refractivity contribution in [2.75, 3.05) is 10.6 Å². The highest BCUT2D eigenvalue weighted by Gasteiger charge is 2.19. The summed E-state index contributed by atoms with van der Waals surface area (Å²) in [6.45, 7) is 1.94. The van der Waals surface area contributed by atoms with Gasteiger partial charge < -0.3 is 10.1 Å². The predicted molar refractivity (Wildman–Crippen MR) is 123 cm³/mol. The van der Waals surface area contributed by atoms with Crippen molar-refractivity contribution in [2.45, 2.75) is 48.6 Å². The van der Waals surface area contributed by atoms with Crippen LogP contribution in [0.15, 0.2) is 58.7 Å². The number of nitrogens with zero attached hydrogens (tertiary/aromatic N) is 4. The Hall–Kier alpha value is -3.53. The summed E-state index contributed by atoms with van der Waals surface area (Å²) in [5.41, 5.74) is 2.44. The van der Waals surface area contributed by atoms with E-state index in [1.165, 1.54) is 11.8 Å². The molecule has 0 bridgehead atoms. The number of hydrogen-bond donors (Lipinski definition) is 3. The van der Waals surface area contributed by atoms with E-state index >= 15 is 0 Å². The maximum atomic E-state index is 12.1. The number of amides is 1. The summed E-state index contributed by atoms with van der Waals surface area (Å²) in [7, 11) is 0. The Balaban J connectivity index is 1.28. The van der Waals surface area contributed by atoms with Gasteiger partial charge in [0.15, 0.2) is 5.82 Å². The number of hydrogen-bond acceptors (Lipinski definition) is 7. The Morgan fingerprint density at radius 2 is 2.03 bits per heavy atom. The smallest absolute Gasteiger partial charge is 0.411 e. The van der Waals surface area contributed by atoms with Gasteiger partial charge in [0, 0.05) is 40.8 Å². The van der Waals surface area contributed by atoms with Gasteiger partial charge in [-0.1, -0.05) is 11.8 Å². The summed E-state index contributed by atoms with van der Waals surface area (Å²) < 4.78 is 7.32. The zero-order valence-electron chi connectivity index (χ0n) is 17.5. The minimum atomic E-state index is -0.395.